The summed E-state index contributed by atoms with van der Waals surface area (Å²) in [6.07, 6.45) is 0. The van der Waals surface area contributed by atoms with Crippen LogP contribution in [0.4, 0.5) is 4.39 Å². The number of hydrogen-bond acceptors (Lipinski definition) is 3. The van der Waals surface area contributed by atoms with Gasteiger partial charge in [0.2, 0.25) is 0 Å². The van der Waals surface area contributed by atoms with Crippen LogP contribution in [0, 0.1) is 5.82 Å². The van der Waals surface area contributed by atoms with Gasteiger partial charge >= 0.3 is 0 Å². The first kappa shape index (κ1) is 14.3. The summed E-state index contributed by atoms with van der Waals surface area (Å²) < 4.78 is 23.9. The van der Waals surface area contributed by atoms with Gasteiger partial charge in [-0.2, -0.15) is 0 Å². The van der Waals surface area contributed by atoms with Crippen LogP contribution < -0.4 is 14.8 Å². The predicted octanol–water partition coefficient (Wildman–Crippen LogP) is 3.00. The maximum absolute atomic E-state index is 12.9. The monoisotopic (exact) mass is 275 g/mol. The second-order valence-electron chi connectivity index (χ2n) is 4.33. The Morgan fingerprint density at radius 2 is 1.65 bits per heavy atom. The third-order valence-corrected chi connectivity index (χ3v) is 2.72. The van der Waals surface area contributed by atoms with E-state index in [-0.39, 0.29) is 5.82 Å². The molecule has 0 bridgehead atoms. The molecule has 0 heterocycles. The maximum Gasteiger partial charge on any atom is 0.126 e. The minimum absolute atomic E-state index is 0.302. The Morgan fingerprint density at radius 3 is 2.30 bits per heavy atom. The molecule has 4 heteroatoms. The Bertz CT molecular complexity index is 528. The average molecular weight is 275 g/mol. The lowest BCUT2D eigenvalue weighted by Gasteiger charge is -2.09. The zero-order valence-corrected chi connectivity index (χ0v) is 11.4. The molecule has 0 atom stereocenters. The van der Waals surface area contributed by atoms with E-state index in [1.807, 2.05) is 31.3 Å². The Balaban J connectivity index is 1.73. The SMILES string of the molecule is CNCc1ccc(OCCOc2cccc(F)c2)cc1. The summed E-state index contributed by atoms with van der Waals surface area (Å²) in [5.41, 5.74) is 1.20. The Hall–Kier alpha value is -2.07. The molecule has 0 radical (unpaired) electrons. The van der Waals surface area contributed by atoms with Crippen LogP contribution in [-0.2, 0) is 6.54 Å². The van der Waals surface area contributed by atoms with Gasteiger partial charge in [0.25, 0.3) is 0 Å². The maximum atomic E-state index is 12.9. The van der Waals surface area contributed by atoms with E-state index < -0.39 is 0 Å². The van der Waals surface area contributed by atoms with E-state index in [4.69, 9.17) is 9.47 Å². The Labute approximate surface area is 118 Å². The molecule has 0 amide bonds. The molecule has 2 aromatic rings. The summed E-state index contributed by atoms with van der Waals surface area (Å²) in [5.74, 6) is 1.01. The molecule has 0 aliphatic heterocycles. The van der Waals surface area contributed by atoms with Gasteiger partial charge < -0.3 is 14.8 Å². The minimum atomic E-state index is -0.302. The molecule has 2 rings (SSSR count). The highest BCUT2D eigenvalue weighted by atomic mass is 19.1. The van der Waals surface area contributed by atoms with Crippen LogP contribution in [-0.4, -0.2) is 20.3 Å². The van der Waals surface area contributed by atoms with Gasteiger partial charge in [0.05, 0.1) is 0 Å². The van der Waals surface area contributed by atoms with Gasteiger partial charge in [0, 0.05) is 12.6 Å². The van der Waals surface area contributed by atoms with Gasteiger partial charge in [-0.05, 0) is 36.9 Å². The molecule has 106 valence electrons. The zero-order chi connectivity index (χ0) is 14.2. The normalized spacial score (nSPS) is 10.3. The van der Waals surface area contributed by atoms with E-state index in [0.717, 1.165) is 12.3 Å². The molecule has 0 aliphatic carbocycles. The van der Waals surface area contributed by atoms with Crippen LogP contribution in [0.1, 0.15) is 5.56 Å². The van der Waals surface area contributed by atoms with Crippen molar-refractivity contribution in [3.8, 4) is 11.5 Å². The first-order chi connectivity index (χ1) is 9.78. The van der Waals surface area contributed by atoms with E-state index in [1.165, 1.54) is 17.7 Å². The smallest absolute Gasteiger partial charge is 0.126 e. The van der Waals surface area contributed by atoms with E-state index >= 15 is 0 Å². The number of nitrogens with one attached hydrogen (secondary N) is 1. The van der Waals surface area contributed by atoms with Crippen molar-refractivity contribution in [2.24, 2.45) is 0 Å². The van der Waals surface area contributed by atoms with Crippen molar-refractivity contribution in [1.82, 2.24) is 5.32 Å². The summed E-state index contributed by atoms with van der Waals surface area (Å²) >= 11 is 0. The van der Waals surface area contributed by atoms with Crippen molar-refractivity contribution in [2.45, 2.75) is 6.54 Å². The Kier molecular flexibility index (Phi) is 5.38. The zero-order valence-electron chi connectivity index (χ0n) is 11.4. The van der Waals surface area contributed by atoms with Gasteiger partial charge in [-0.1, -0.05) is 18.2 Å². The van der Waals surface area contributed by atoms with Crippen LogP contribution in [0.5, 0.6) is 11.5 Å². The molecule has 0 unspecified atom stereocenters. The topological polar surface area (TPSA) is 30.5 Å². The van der Waals surface area contributed by atoms with Crippen LogP contribution in [0.25, 0.3) is 0 Å². The molecule has 0 spiro atoms. The van der Waals surface area contributed by atoms with Crippen LogP contribution in [0.3, 0.4) is 0 Å². The predicted molar refractivity (Wildman–Crippen MR) is 76.6 cm³/mol. The fourth-order valence-corrected chi connectivity index (χ4v) is 1.78. The third kappa shape index (κ3) is 4.55. The number of hydrogen-bond donors (Lipinski definition) is 1. The highest BCUT2D eigenvalue weighted by molar-refractivity contribution is 5.27. The molecular formula is C16H18FNO2. The first-order valence-corrected chi connectivity index (χ1v) is 6.52. The summed E-state index contributed by atoms with van der Waals surface area (Å²) in [7, 11) is 1.91. The van der Waals surface area contributed by atoms with Crippen LogP contribution in [0.2, 0.25) is 0 Å². The average Bonchev–Trinajstić information content (AvgIpc) is 2.46. The molecule has 0 saturated heterocycles. The number of benzene rings is 2. The quantitative estimate of drug-likeness (QED) is 0.788. The number of ether oxygens (including phenoxy) is 2. The Morgan fingerprint density at radius 1 is 0.950 bits per heavy atom. The largest absolute Gasteiger partial charge is 0.490 e. The van der Waals surface area contributed by atoms with Crippen molar-refractivity contribution in [3.63, 3.8) is 0 Å². The number of rotatable bonds is 7. The standard InChI is InChI=1S/C16H18FNO2/c1-18-12-13-5-7-15(8-6-13)19-9-10-20-16-4-2-3-14(17)11-16/h2-8,11,18H,9-10,12H2,1H3. The second kappa shape index (κ2) is 7.50. The van der Waals surface area contributed by atoms with Gasteiger partial charge in [0.1, 0.15) is 30.5 Å². The van der Waals surface area contributed by atoms with E-state index in [2.05, 4.69) is 5.32 Å². The highest BCUT2D eigenvalue weighted by Crippen LogP contribution is 2.13. The van der Waals surface area contributed by atoms with Crippen molar-refractivity contribution >= 4 is 0 Å². The summed E-state index contributed by atoms with van der Waals surface area (Å²) in [6.45, 7) is 1.63. The van der Waals surface area contributed by atoms with Gasteiger partial charge in [-0.25, -0.2) is 4.39 Å². The molecule has 20 heavy (non-hydrogen) atoms. The van der Waals surface area contributed by atoms with Gasteiger partial charge in [-0.15, -0.1) is 0 Å². The minimum Gasteiger partial charge on any atom is -0.490 e. The second-order valence-corrected chi connectivity index (χ2v) is 4.33. The molecule has 0 saturated carbocycles. The lowest BCUT2D eigenvalue weighted by atomic mass is 10.2. The first-order valence-electron chi connectivity index (χ1n) is 6.52. The molecule has 0 aliphatic rings. The van der Waals surface area contributed by atoms with Gasteiger partial charge in [-0.3, -0.25) is 0 Å². The van der Waals surface area contributed by atoms with Crippen molar-refractivity contribution in [2.75, 3.05) is 20.3 Å². The van der Waals surface area contributed by atoms with Crippen molar-refractivity contribution in [3.05, 3.63) is 59.9 Å². The fraction of sp³-hybridized carbons (Fsp3) is 0.250. The lowest BCUT2D eigenvalue weighted by Crippen LogP contribution is -2.09. The summed E-state index contributed by atoms with van der Waals surface area (Å²) in [4.78, 5) is 0. The number of halogens is 1. The summed E-state index contributed by atoms with van der Waals surface area (Å²) in [6, 6.07) is 14.0. The van der Waals surface area contributed by atoms with Gasteiger partial charge in [0.15, 0.2) is 0 Å². The molecule has 1 N–H and O–H groups in total. The molecule has 3 nitrogen and oxygen atoms in total. The molecular weight excluding hydrogens is 257 g/mol. The molecule has 0 fully saturated rings. The van der Waals surface area contributed by atoms with E-state index in [1.54, 1.807) is 12.1 Å². The van der Waals surface area contributed by atoms with Crippen molar-refractivity contribution in [1.29, 1.82) is 0 Å². The van der Waals surface area contributed by atoms with Crippen molar-refractivity contribution < 1.29 is 13.9 Å². The van der Waals surface area contributed by atoms with E-state index in [0.29, 0.717) is 19.0 Å². The molecule has 0 aromatic heterocycles. The summed E-state index contributed by atoms with van der Waals surface area (Å²) in [5, 5.41) is 3.09. The van der Waals surface area contributed by atoms with Crippen LogP contribution in [0.15, 0.2) is 48.5 Å². The third-order valence-electron chi connectivity index (χ3n) is 2.72. The fourth-order valence-electron chi connectivity index (χ4n) is 1.78. The highest BCUT2D eigenvalue weighted by Gasteiger charge is 1.98. The van der Waals surface area contributed by atoms with E-state index in [9.17, 15) is 4.39 Å². The lowest BCUT2D eigenvalue weighted by molar-refractivity contribution is 0.216. The molecule has 2 aromatic carbocycles. The van der Waals surface area contributed by atoms with Crippen LogP contribution >= 0.6 is 0 Å².